The highest BCUT2D eigenvalue weighted by Crippen LogP contribution is 2.62. The van der Waals surface area contributed by atoms with Crippen molar-refractivity contribution in [1.29, 1.82) is 0 Å². The van der Waals surface area contributed by atoms with E-state index in [0.717, 1.165) is 53.0 Å². The maximum absolute atomic E-state index is 11.2. The Morgan fingerprint density at radius 1 is 0.919 bits per heavy atom. The Hall–Kier alpha value is -2.47. The normalized spacial score (nSPS) is 33.4. The molecule has 8 rings (SSSR count). The zero-order valence-corrected chi connectivity index (χ0v) is 22.2. The number of rotatable bonds is 7. The van der Waals surface area contributed by atoms with Crippen LogP contribution in [0.5, 0.6) is 0 Å². The van der Waals surface area contributed by atoms with Crippen molar-refractivity contribution < 1.29 is 4.79 Å². The van der Waals surface area contributed by atoms with E-state index in [1.165, 1.54) is 65.1 Å². The number of carbonyl (C=O) groups is 1. The molecule has 6 aliphatic rings. The van der Waals surface area contributed by atoms with Gasteiger partial charge in [-0.3, -0.25) is 4.79 Å². The molecule has 6 fully saturated rings. The summed E-state index contributed by atoms with van der Waals surface area (Å²) in [5.74, 6) is 4.76. The van der Waals surface area contributed by atoms with Crippen molar-refractivity contribution in [2.75, 3.05) is 36.8 Å². The predicted octanol–water partition coefficient (Wildman–Crippen LogP) is 5.83. The number of piperidine rings is 1. The Morgan fingerprint density at radius 3 is 2.19 bits per heavy atom. The zero-order chi connectivity index (χ0) is 25.0. The first-order valence-electron chi connectivity index (χ1n) is 14.6. The van der Waals surface area contributed by atoms with E-state index in [9.17, 15) is 4.79 Å². The number of anilines is 2. The fourth-order valence-corrected chi connectivity index (χ4v) is 9.18. The first-order valence-corrected chi connectivity index (χ1v) is 14.6. The molecule has 0 unspecified atom stereocenters. The van der Waals surface area contributed by atoms with E-state index in [4.69, 9.17) is 0 Å². The van der Waals surface area contributed by atoms with Gasteiger partial charge in [-0.2, -0.15) is 0 Å². The van der Waals surface area contributed by atoms with Crippen LogP contribution in [0.2, 0.25) is 0 Å². The van der Waals surface area contributed by atoms with Crippen molar-refractivity contribution in [2.45, 2.75) is 64.7 Å². The van der Waals surface area contributed by atoms with Gasteiger partial charge in [0.05, 0.1) is 5.69 Å². The van der Waals surface area contributed by atoms with E-state index in [2.05, 4.69) is 25.7 Å². The Bertz CT molecular complexity index is 1100. The Labute approximate surface area is 221 Å². The molecule has 37 heavy (non-hydrogen) atoms. The van der Waals surface area contributed by atoms with Gasteiger partial charge in [0.1, 0.15) is 5.82 Å². The molecule has 1 aromatic carbocycles. The van der Waals surface area contributed by atoms with E-state index >= 15 is 0 Å². The largest absolute Gasteiger partial charge is 0.368 e. The van der Waals surface area contributed by atoms with Gasteiger partial charge in [-0.15, -0.1) is 10.2 Å². The summed E-state index contributed by atoms with van der Waals surface area (Å²) < 4.78 is 0. The maximum Gasteiger partial charge on any atom is 0.221 e. The molecule has 1 aromatic heterocycles. The van der Waals surface area contributed by atoms with Crippen LogP contribution < -0.4 is 10.6 Å². The lowest BCUT2D eigenvalue weighted by molar-refractivity contribution is -0.114. The molecule has 2 heterocycles. The van der Waals surface area contributed by atoms with Gasteiger partial charge in [0, 0.05) is 31.3 Å². The second-order valence-corrected chi connectivity index (χ2v) is 13.4. The first kappa shape index (κ1) is 23.6. The van der Waals surface area contributed by atoms with Gasteiger partial charge in [0.2, 0.25) is 5.91 Å². The van der Waals surface area contributed by atoms with Crippen LogP contribution in [0.3, 0.4) is 0 Å². The van der Waals surface area contributed by atoms with E-state index in [1.54, 1.807) is 19.3 Å². The van der Waals surface area contributed by atoms with E-state index in [1.807, 2.05) is 36.4 Å². The molecule has 1 spiro atoms. The van der Waals surface area contributed by atoms with Crippen LogP contribution in [0.25, 0.3) is 11.3 Å². The molecule has 1 aliphatic heterocycles. The van der Waals surface area contributed by atoms with Gasteiger partial charge in [-0.05, 0) is 130 Å². The molecule has 5 saturated carbocycles. The fraction of sp³-hybridized carbons (Fsp3) is 0.645. The highest BCUT2D eigenvalue weighted by Gasteiger charge is 2.56. The third kappa shape index (κ3) is 4.78. The number of nitrogens with one attached hydrogen (secondary N) is 2. The summed E-state index contributed by atoms with van der Waals surface area (Å²) in [6.45, 7) is 6.55. The number of carbonyl (C=O) groups excluding carboxylic acids is 1. The Balaban J connectivity index is 0.882. The summed E-state index contributed by atoms with van der Waals surface area (Å²) in [6, 6.07) is 11.8. The monoisotopic (exact) mass is 499 g/mol. The summed E-state index contributed by atoms with van der Waals surface area (Å²) >= 11 is 0. The van der Waals surface area contributed by atoms with Crippen molar-refractivity contribution >= 4 is 17.4 Å². The molecule has 1 atom stereocenters. The van der Waals surface area contributed by atoms with Crippen LogP contribution >= 0.6 is 0 Å². The summed E-state index contributed by atoms with van der Waals surface area (Å²) in [5.41, 5.74) is 3.89. The van der Waals surface area contributed by atoms with Gasteiger partial charge >= 0.3 is 0 Å². The third-order valence-corrected chi connectivity index (χ3v) is 10.6. The average molecular weight is 500 g/mol. The van der Waals surface area contributed by atoms with Crippen LogP contribution in [-0.2, 0) is 4.79 Å². The molecule has 6 nitrogen and oxygen atoms in total. The molecule has 2 N–H and O–H groups in total. The van der Waals surface area contributed by atoms with Crippen LogP contribution in [0.4, 0.5) is 11.5 Å². The number of likely N-dealkylation sites (tertiary alicyclic amines) is 1. The van der Waals surface area contributed by atoms with Crippen LogP contribution in [0, 0.1) is 34.5 Å². The number of nitrogens with zero attached hydrogens (tertiary/aromatic N) is 3. The molecule has 6 heteroatoms. The maximum atomic E-state index is 11.2. The summed E-state index contributed by atoms with van der Waals surface area (Å²) in [4.78, 5) is 14.1. The first-order chi connectivity index (χ1) is 18.0. The lowest BCUT2D eigenvalue weighted by atomic mass is 9.49. The summed E-state index contributed by atoms with van der Waals surface area (Å²) in [6.07, 6.45) is 13.4. The molecule has 0 radical (unpaired) electrons. The van der Waals surface area contributed by atoms with Crippen molar-refractivity contribution in [3.8, 4) is 11.3 Å². The average Bonchev–Trinajstić information content (AvgIpc) is 3.55. The minimum Gasteiger partial charge on any atom is -0.368 e. The molecule has 196 valence electrons. The minimum atomic E-state index is -0.0662. The molecule has 4 bridgehead atoms. The van der Waals surface area contributed by atoms with Crippen LogP contribution in [0.1, 0.15) is 64.7 Å². The van der Waals surface area contributed by atoms with Crippen LogP contribution in [0.15, 0.2) is 36.4 Å². The standard InChI is InChI=1S/C31H41N5O/c1-21(37)33-27-4-2-25(3-5-27)28-6-7-29(35-34-28)32-19-26-18-31(26)8-10-36(11-9-31)20-30-15-22-12-23(16-30)14-24(13-22)17-30/h2-7,22-24,26H,8-20H2,1H3,(H,32,35)(H,33,37)/t22?,23?,24?,26-,30?/m0/s1. The van der Waals surface area contributed by atoms with E-state index in [-0.39, 0.29) is 5.91 Å². The number of amides is 1. The number of benzene rings is 1. The molecule has 1 saturated heterocycles. The zero-order valence-electron chi connectivity index (χ0n) is 22.2. The highest BCUT2D eigenvalue weighted by molar-refractivity contribution is 5.88. The van der Waals surface area contributed by atoms with Crippen LogP contribution in [-0.4, -0.2) is 47.2 Å². The third-order valence-electron chi connectivity index (χ3n) is 10.6. The molecule has 2 aromatic rings. The number of hydrogen-bond donors (Lipinski definition) is 2. The van der Waals surface area contributed by atoms with Crippen molar-refractivity contribution in [2.24, 2.45) is 34.5 Å². The van der Waals surface area contributed by atoms with E-state index in [0.29, 0.717) is 10.8 Å². The van der Waals surface area contributed by atoms with Gasteiger partial charge in [0.15, 0.2) is 0 Å². The smallest absolute Gasteiger partial charge is 0.221 e. The Kier molecular flexibility index (Phi) is 5.80. The second kappa shape index (κ2) is 9.07. The van der Waals surface area contributed by atoms with Gasteiger partial charge in [-0.25, -0.2) is 0 Å². The molecule has 5 aliphatic carbocycles. The number of hydrogen-bond acceptors (Lipinski definition) is 5. The molecular weight excluding hydrogens is 458 g/mol. The fourth-order valence-electron chi connectivity index (χ4n) is 9.18. The quantitative estimate of drug-likeness (QED) is 0.501. The highest BCUT2D eigenvalue weighted by atomic mass is 16.1. The SMILES string of the molecule is CC(=O)Nc1ccc(-c2ccc(NC[C@@H]3CC34CCN(CC35CC6CC(CC(C6)C3)C5)CC4)nn2)cc1. The molecule has 1 amide bonds. The summed E-state index contributed by atoms with van der Waals surface area (Å²) in [7, 11) is 0. The lowest BCUT2D eigenvalue weighted by Gasteiger charge is -2.58. The summed E-state index contributed by atoms with van der Waals surface area (Å²) in [5, 5.41) is 15.2. The molecular formula is C31H41N5O. The topological polar surface area (TPSA) is 70.2 Å². The van der Waals surface area contributed by atoms with Gasteiger partial charge < -0.3 is 15.5 Å². The van der Waals surface area contributed by atoms with Crippen molar-refractivity contribution in [1.82, 2.24) is 15.1 Å². The number of aromatic nitrogens is 2. The second-order valence-electron chi connectivity index (χ2n) is 13.4. The lowest BCUT2D eigenvalue weighted by Crippen LogP contribution is -2.52. The Morgan fingerprint density at radius 2 is 1.59 bits per heavy atom. The van der Waals surface area contributed by atoms with Gasteiger partial charge in [0.25, 0.3) is 0 Å². The van der Waals surface area contributed by atoms with Gasteiger partial charge in [-0.1, -0.05) is 12.1 Å². The predicted molar refractivity (Wildman–Crippen MR) is 147 cm³/mol. The minimum absolute atomic E-state index is 0.0662. The van der Waals surface area contributed by atoms with Crippen molar-refractivity contribution in [3.63, 3.8) is 0 Å². The van der Waals surface area contributed by atoms with Crippen molar-refractivity contribution in [3.05, 3.63) is 36.4 Å². The van der Waals surface area contributed by atoms with E-state index < -0.39 is 0 Å².